The minimum Gasteiger partial charge on any atom is -0.364 e. The predicted molar refractivity (Wildman–Crippen MR) is 104 cm³/mol. The van der Waals surface area contributed by atoms with Gasteiger partial charge in [0.15, 0.2) is 0 Å². The molecule has 1 aromatic carbocycles. The van der Waals surface area contributed by atoms with Crippen LogP contribution in [0.5, 0.6) is 0 Å². The lowest BCUT2D eigenvalue weighted by atomic mass is 10.1. The van der Waals surface area contributed by atoms with Gasteiger partial charge in [-0.1, -0.05) is 17.7 Å². The van der Waals surface area contributed by atoms with Crippen molar-refractivity contribution in [2.24, 2.45) is 0 Å². The molecular formula is C19H17ClFN3O2S. The van der Waals surface area contributed by atoms with E-state index >= 15 is 0 Å². The first-order chi connectivity index (χ1) is 13.0. The van der Waals surface area contributed by atoms with Crippen LogP contribution >= 0.6 is 22.9 Å². The van der Waals surface area contributed by atoms with Crippen LogP contribution in [0.3, 0.4) is 0 Å². The van der Waals surface area contributed by atoms with E-state index in [-0.39, 0.29) is 10.7 Å². The lowest BCUT2D eigenvalue weighted by molar-refractivity contribution is -0.120. The monoisotopic (exact) mass is 405 g/mol. The number of anilines is 1. The van der Waals surface area contributed by atoms with Crippen molar-refractivity contribution in [3.8, 4) is 0 Å². The Morgan fingerprint density at radius 3 is 2.44 bits per heavy atom. The lowest BCUT2D eigenvalue weighted by Crippen LogP contribution is -2.46. The highest BCUT2D eigenvalue weighted by Crippen LogP contribution is 2.37. The Morgan fingerprint density at radius 2 is 1.81 bits per heavy atom. The number of hydrogen-bond donors (Lipinski definition) is 0. The van der Waals surface area contributed by atoms with Crippen molar-refractivity contribution < 1.29 is 14.0 Å². The van der Waals surface area contributed by atoms with Gasteiger partial charge in [-0.25, -0.2) is 9.29 Å². The number of benzene rings is 1. The first kappa shape index (κ1) is 18.2. The van der Waals surface area contributed by atoms with Crippen LogP contribution in [0.15, 0.2) is 41.4 Å². The number of likely N-dealkylation sites (N-methyl/N-ethyl adjacent to an activating group) is 1. The van der Waals surface area contributed by atoms with Gasteiger partial charge in [0.25, 0.3) is 11.8 Å². The minimum atomic E-state index is -0.592. The van der Waals surface area contributed by atoms with Crippen LogP contribution in [0.1, 0.15) is 4.88 Å². The number of carbonyl (C=O) groups is 2. The summed E-state index contributed by atoms with van der Waals surface area (Å²) in [6.45, 7) is 2.95. The van der Waals surface area contributed by atoms with Crippen LogP contribution in [0, 0.1) is 5.82 Å². The Bertz CT molecular complexity index is 936. The summed E-state index contributed by atoms with van der Waals surface area (Å²) < 4.78 is 13.5. The van der Waals surface area contributed by atoms with Crippen molar-refractivity contribution in [1.29, 1.82) is 0 Å². The third-order valence-corrected chi connectivity index (χ3v) is 5.98. The predicted octanol–water partition coefficient (Wildman–Crippen LogP) is 3.07. The number of thiophene rings is 1. The molecule has 2 amide bonds. The summed E-state index contributed by atoms with van der Waals surface area (Å²) in [6, 6.07) is 7.56. The number of carbonyl (C=O) groups excluding carboxylic acids is 2. The number of piperazine rings is 1. The van der Waals surface area contributed by atoms with E-state index in [1.165, 1.54) is 23.5 Å². The molecule has 3 heterocycles. The summed E-state index contributed by atoms with van der Waals surface area (Å²) in [4.78, 5) is 32.5. The van der Waals surface area contributed by atoms with Crippen molar-refractivity contribution in [3.05, 3.63) is 57.1 Å². The number of nitrogens with zero attached hydrogens (tertiary/aromatic N) is 3. The van der Waals surface area contributed by atoms with E-state index < -0.39 is 17.6 Å². The molecule has 0 N–H and O–H groups in total. The van der Waals surface area contributed by atoms with Crippen LogP contribution in [0.4, 0.5) is 10.1 Å². The maximum atomic E-state index is 13.5. The van der Waals surface area contributed by atoms with E-state index in [1.807, 2.05) is 29.5 Å². The van der Waals surface area contributed by atoms with E-state index in [0.717, 1.165) is 28.9 Å². The fourth-order valence-electron chi connectivity index (χ4n) is 3.34. The number of imide groups is 1. The molecule has 27 heavy (non-hydrogen) atoms. The van der Waals surface area contributed by atoms with Crippen molar-refractivity contribution in [2.45, 2.75) is 0 Å². The second kappa shape index (κ2) is 7.07. The molecule has 140 valence electrons. The molecule has 2 aliphatic heterocycles. The van der Waals surface area contributed by atoms with Crippen molar-refractivity contribution in [2.75, 3.05) is 38.1 Å². The molecule has 0 aliphatic carbocycles. The number of rotatable bonds is 3. The maximum Gasteiger partial charge on any atom is 0.282 e. The van der Waals surface area contributed by atoms with Gasteiger partial charge < -0.3 is 9.80 Å². The zero-order valence-corrected chi connectivity index (χ0v) is 16.2. The molecule has 0 saturated carbocycles. The quantitative estimate of drug-likeness (QED) is 0.736. The Kier molecular flexibility index (Phi) is 4.75. The number of hydrogen-bond acceptors (Lipinski definition) is 5. The molecule has 0 atom stereocenters. The van der Waals surface area contributed by atoms with Crippen LogP contribution in [-0.2, 0) is 9.59 Å². The van der Waals surface area contributed by atoms with E-state index in [0.29, 0.717) is 24.4 Å². The highest BCUT2D eigenvalue weighted by Gasteiger charge is 2.43. The van der Waals surface area contributed by atoms with Gasteiger partial charge in [-0.3, -0.25) is 9.59 Å². The largest absolute Gasteiger partial charge is 0.364 e. The summed E-state index contributed by atoms with van der Waals surface area (Å²) in [5.41, 5.74) is 1.09. The van der Waals surface area contributed by atoms with Crippen molar-refractivity contribution in [1.82, 2.24) is 9.80 Å². The molecule has 2 aromatic rings. The van der Waals surface area contributed by atoms with Gasteiger partial charge in [0.05, 0.1) is 16.3 Å². The van der Waals surface area contributed by atoms with Crippen LogP contribution in [-0.4, -0.2) is 54.8 Å². The standard InChI is InChI=1S/C19H17ClFN3O2S/c1-22-6-8-23(9-7-22)17-16(15-3-2-10-27-15)18(25)24(19(17)26)12-4-5-14(21)13(20)11-12/h2-5,10-11H,6-9H2,1H3. The average molecular weight is 406 g/mol. The fraction of sp³-hybridized carbons (Fsp3) is 0.263. The zero-order valence-electron chi connectivity index (χ0n) is 14.6. The van der Waals surface area contributed by atoms with Crippen molar-refractivity contribution >= 4 is 46.0 Å². The third kappa shape index (κ3) is 3.16. The first-order valence-corrected chi connectivity index (χ1v) is 9.78. The molecule has 0 spiro atoms. The molecule has 1 fully saturated rings. The Labute approximate surface area is 165 Å². The second-order valence-electron chi connectivity index (χ2n) is 6.54. The maximum absolute atomic E-state index is 13.5. The highest BCUT2D eigenvalue weighted by atomic mass is 35.5. The molecular weight excluding hydrogens is 389 g/mol. The zero-order chi connectivity index (χ0) is 19.1. The summed E-state index contributed by atoms with van der Waals surface area (Å²) >= 11 is 7.29. The molecule has 5 nitrogen and oxygen atoms in total. The van der Waals surface area contributed by atoms with Gasteiger partial charge in [0, 0.05) is 31.1 Å². The third-order valence-electron chi connectivity index (χ3n) is 4.81. The molecule has 0 unspecified atom stereocenters. The van der Waals surface area contributed by atoms with Crippen LogP contribution in [0.25, 0.3) is 5.57 Å². The topological polar surface area (TPSA) is 43.9 Å². The number of halogens is 2. The Morgan fingerprint density at radius 1 is 1.07 bits per heavy atom. The summed E-state index contributed by atoms with van der Waals surface area (Å²) in [7, 11) is 2.03. The van der Waals surface area contributed by atoms with Gasteiger partial charge in [0.1, 0.15) is 11.5 Å². The molecule has 0 radical (unpaired) electrons. The average Bonchev–Trinajstić information content (AvgIpc) is 3.25. The van der Waals surface area contributed by atoms with Gasteiger partial charge in [-0.05, 0) is 36.7 Å². The van der Waals surface area contributed by atoms with E-state index in [2.05, 4.69) is 4.90 Å². The minimum absolute atomic E-state index is 0.126. The Hall–Kier alpha value is -2.22. The molecule has 8 heteroatoms. The summed E-state index contributed by atoms with van der Waals surface area (Å²) in [5.74, 6) is -1.39. The van der Waals surface area contributed by atoms with E-state index in [1.54, 1.807) is 0 Å². The first-order valence-electron chi connectivity index (χ1n) is 8.53. The highest BCUT2D eigenvalue weighted by molar-refractivity contribution is 7.11. The fourth-order valence-corrected chi connectivity index (χ4v) is 4.28. The SMILES string of the molecule is CN1CCN(C2=C(c3cccs3)C(=O)N(c3ccc(F)c(Cl)c3)C2=O)CC1. The Balaban J connectivity index is 1.78. The molecule has 1 aromatic heterocycles. The second-order valence-corrected chi connectivity index (χ2v) is 7.89. The summed E-state index contributed by atoms with van der Waals surface area (Å²) in [5, 5.41) is 1.75. The molecule has 0 bridgehead atoms. The van der Waals surface area contributed by atoms with Gasteiger partial charge >= 0.3 is 0 Å². The van der Waals surface area contributed by atoms with Crippen LogP contribution in [0.2, 0.25) is 5.02 Å². The number of amides is 2. The summed E-state index contributed by atoms with van der Waals surface area (Å²) in [6.07, 6.45) is 0. The van der Waals surface area contributed by atoms with Crippen LogP contribution < -0.4 is 4.90 Å². The molecule has 2 aliphatic rings. The van der Waals surface area contributed by atoms with E-state index in [4.69, 9.17) is 11.6 Å². The lowest BCUT2D eigenvalue weighted by Gasteiger charge is -2.34. The smallest absolute Gasteiger partial charge is 0.282 e. The van der Waals surface area contributed by atoms with E-state index in [9.17, 15) is 14.0 Å². The van der Waals surface area contributed by atoms with Crippen molar-refractivity contribution in [3.63, 3.8) is 0 Å². The van der Waals surface area contributed by atoms with Gasteiger partial charge in [-0.15, -0.1) is 11.3 Å². The van der Waals surface area contributed by atoms with Gasteiger partial charge in [-0.2, -0.15) is 0 Å². The molecule has 4 rings (SSSR count). The van der Waals surface area contributed by atoms with Gasteiger partial charge in [0.2, 0.25) is 0 Å². The normalized spacial score (nSPS) is 18.8. The molecule has 1 saturated heterocycles.